The predicted molar refractivity (Wildman–Crippen MR) is 119 cm³/mol. The van der Waals surface area contributed by atoms with Crippen molar-refractivity contribution in [1.82, 2.24) is 5.32 Å². The number of methoxy groups -OCH3 is 1. The zero-order chi connectivity index (χ0) is 23.0. The molecule has 3 nitrogen and oxygen atoms in total. The number of anilines is 1. The number of aryl methyl sites for hydroxylation is 1. The van der Waals surface area contributed by atoms with Crippen LogP contribution in [0.25, 0.3) is 6.08 Å². The summed E-state index contributed by atoms with van der Waals surface area (Å²) in [5.74, 6) is -1.82. The first-order valence-electron chi connectivity index (χ1n) is 9.51. The first-order chi connectivity index (χ1) is 14.7. The molecule has 0 aliphatic rings. The molecule has 0 bridgehead atoms. The van der Waals surface area contributed by atoms with E-state index in [4.69, 9.17) is 27.9 Å². The van der Waals surface area contributed by atoms with Gasteiger partial charge in [-0.15, -0.1) is 0 Å². The van der Waals surface area contributed by atoms with Crippen molar-refractivity contribution in [3.05, 3.63) is 69.2 Å². The minimum atomic E-state index is -4.49. The summed E-state index contributed by atoms with van der Waals surface area (Å²) < 4.78 is 58.5. The number of hydrogen-bond donors (Lipinski definition) is 2. The molecule has 0 aliphatic heterocycles. The molecule has 2 unspecified atom stereocenters. The molecule has 2 aromatic carbocycles. The standard InChI is InChI=1S/C22H24Cl2F4N2O/c1-14-11-16(12-19(23)21(14)24)18(22(26,27)28)8-5-15-3-6-17(7-4-15)30-20(13-31-2)29-10-9-25/h3-8,11-12,18,20,29-30H,9-10,13H2,1-2H3/b8-5+. The second-order valence-electron chi connectivity index (χ2n) is 6.93. The van der Waals surface area contributed by atoms with Crippen molar-refractivity contribution in [2.45, 2.75) is 25.2 Å². The molecule has 2 rings (SSSR count). The molecular weight excluding hydrogens is 455 g/mol. The highest BCUT2D eigenvalue weighted by molar-refractivity contribution is 6.42. The highest BCUT2D eigenvalue weighted by Gasteiger charge is 2.39. The van der Waals surface area contributed by atoms with Gasteiger partial charge in [0.05, 0.1) is 22.6 Å². The Morgan fingerprint density at radius 2 is 1.81 bits per heavy atom. The molecule has 0 saturated carbocycles. The number of allylic oxidation sites excluding steroid dienone is 1. The Hall–Kier alpha value is -1.80. The van der Waals surface area contributed by atoms with Gasteiger partial charge in [-0.1, -0.05) is 53.6 Å². The van der Waals surface area contributed by atoms with Gasteiger partial charge < -0.3 is 10.1 Å². The molecule has 0 fully saturated rings. The molecule has 31 heavy (non-hydrogen) atoms. The molecular formula is C22H24Cl2F4N2O. The third-order valence-electron chi connectivity index (χ3n) is 4.50. The van der Waals surface area contributed by atoms with Gasteiger partial charge >= 0.3 is 6.18 Å². The van der Waals surface area contributed by atoms with E-state index in [1.165, 1.54) is 25.3 Å². The van der Waals surface area contributed by atoms with E-state index in [1.54, 1.807) is 31.2 Å². The normalized spacial score (nSPS) is 14.1. The molecule has 2 N–H and O–H groups in total. The number of nitrogens with one attached hydrogen (secondary N) is 2. The van der Waals surface area contributed by atoms with Crippen LogP contribution in [0.2, 0.25) is 10.0 Å². The van der Waals surface area contributed by atoms with Crippen LogP contribution in [-0.4, -0.2) is 39.3 Å². The summed E-state index contributed by atoms with van der Waals surface area (Å²) in [6.07, 6.45) is -2.28. The number of alkyl halides is 4. The van der Waals surface area contributed by atoms with Gasteiger partial charge in [0.1, 0.15) is 12.8 Å². The van der Waals surface area contributed by atoms with E-state index in [9.17, 15) is 17.6 Å². The van der Waals surface area contributed by atoms with Crippen LogP contribution >= 0.6 is 23.2 Å². The van der Waals surface area contributed by atoms with Crippen LogP contribution in [0.5, 0.6) is 0 Å². The lowest BCUT2D eigenvalue weighted by atomic mass is 9.95. The van der Waals surface area contributed by atoms with Crippen LogP contribution < -0.4 is 10.6 Å². The molecule has 0 radical (unpaired) electrons. The maximum absolute atomic E-state index is 13.7. The monoisotopic (exact) mass is 478 g/mol. The zero-order valence-electron chi connectivity index (χ0n) is 17.1. The number of ether oxygens (including phenoxy) is 1. The topological polar surface area (TPSA) is 33.3 Å². The lowest BCUT2D eigenvalue weighted by Gasteiger charge is -2.20. The highest BCUT2D eigenvalue weighted by Crippen LogP contribution is 2.39. The fraction of sp³-hybridized carbons (Fsp3) is 0.364. The number of rotatable bonds is 10. The summed E-state index contributed by atoms with van der Waals surface area (Å²) in [5, 5.41) is 6.42. The second kappa shape index (κ2) is 11.7. The Bertz CT molecular complexity index is 850. The summed E-state index contributed by atoms with van der Waals surface area (Å²) in [7, 11) is 1.53. The van der Waals surface area contributed by atoms with E-state index in [-0.39, 0.29) is 28.3 Å². The lowest BCUT2D eigenvalue weighted by Crippen LogP contribution is -2.41. The van der Waals surface area contributed by atoms with Crippen molar-refractivity contribution < 1.29 is 22.3 Å². The molecule has 9 heteroatoms. The summed E-state index contributed by atoms with van der Waals surface area (Å²) in [4.78, 5) is 0. The minimum Gasteiger partial charge on any atom is -0.381 e. The molecule has 0 saturated heterocycles. The molecule has 0 amide bonds. The van der Waals surface area contributed by atoms with Gasteiger partial charge in [-0.3, -0.25) is 5.32 Å². The van der Waals surface area contributed by atoms with Gasteiger partial charge in [0.2, 0.25) is 0 Å². The fourth-order valence-corrected chi connectivity index (χ4v) is 3.37. The Balaban J connectivity index is 2.18. The Kier molecular flexibility index (Phi) is 9.62. The molecule has 170 valence electrons. The second-order valence-corrected chi connectivity index (χ2v) is 7.71. The average molecular weight is 479 g/mol. The van der Waals surface area contributed by atoms with Crippen LogP contribution in [0.1, 0.15) is 22.6 Å². The molecule has 0 aromatic heterocycles. The van der Waals surface area contributed by atoms with Gasteiger partial charge in [-0.2, -0.15) is 13.2 Å². The third kappa shape index (κ3) is 7.68. The van der Waals surface area contributed by atoms with E-state index < -0.39 is 18.8 Å². The van der Waals surface area contributed by atoms with Crippen molar-refractivity contribution >= 4 is 35.0 Å². The number of halogens is 6. The van der Waals surface area contributed by atoms with Gasteiger partial charge in [0.25, 0.3) is 0 Å². The van der Waals surface area contributed by atoms with Crippen molar-refractivity contribution in [1.29, 1.82) is 0 Å². The van der Waals surface area contributed by atoms with Crippen molar-refractivity contribution in [2.75, 3.05) is 32.3 Å². The highest BCUT2D eigenvalue weighted by atomic mass is 35.5. The molecule has 0 aliphatic carbocycles. The van der Waals surface area contributed by atoms with E-state index in [0.717, 1.165) is 11.8 Å². The summed E-state index contributed by atoms with van der Waals surface area (Å²) in [6, 6.07) is 9.46. The van der Waals surface area contributed by atoms with Crippen LogP contribution in [0, 0.1) is 6.92 Å². The quantitative estimate of drug-likeness (QED) is 0.298. The van der Waals surface area contributed by atoms with Crippen LogP contribution in [0.15, 0.2) is 42.5 Å². The van der Waals surface area contributed by atoms with E-state index >= 15 is 0 Å². The minimum absolute atomic E-state index is 0.0234. The van der Waals surface area contributed by atoms with Gasteiger partial charge in [-0.25, -0.2) is 4.39 Å². The summed E-state index contributed by atoms with van der Waals surface area (Å²) in [6.45, 7) is 1.59. The molecule has 2 aromatic rings. The van der Waals surface area contributed by atoms with Crippen molar-refractivity contribution in [2.24, 2.45) is 0 Å². The largest absolute Gasteiger partial charge is 0.399 e. The van der Waals surface area contributed by atoms with E-state index in [0.29, 0.717) is 17.7 Å². The van der Waals surface area contributed by atoms with Crippen LogP contribution in [-0.2, 0) is 4.74 Å². The zero-order valence-corrected chi connectivity index (χ0v) is 18.6. The Labute approximate surface area is 189 Å². The first kappa shape index (κ1) is 25.5. The molecule has 0 spiro atoms. The summed E-state index contributed by atoms with van der Waals surface area (Å²) >= 11 is 12.0. The van der Waals surface area contributed by atoms with Gasteiger partial charge in [0, 0.05) is 19.3 Å². The van der Waals surface area contributed by atoms with Crippen molar-refractivity contribution in [3.8, 4) is 0 Å². The Morgan fingerprint density at radius 1 is 1.13 bits per heavy atom. The van der Waals surface area contributed by atoms with Crippen molar-refractivity contribution in [3.63, 3.8) is 0 Å². The molecule has 0 heterocycles. The van der Waals surface area contributed by atoms with Crippen LogP contribution in [0.3, 0.4) is 0 Å². The smallest absolute Gasteiger partial charge is 0.381 e. The maximum Gasteiger partial charge on any atom is 0.399 e. The van der Waals surface area contributed by atoms with Gasteiger partial charge in [0.15, 0.2) is 0 Å². The molecule has 2 atom stereocenters. The fourth-order valence-electron chi connectivity index (χ4n) is 2.99. The Morgan fingerprint density at radius 3 is 2.35 bits per heavy atom. The average Bonchev–Trinajstić information content (AvgIpc) is 2.70. The van der Waals surface area contributed by atoms with E-state index in [1.807, 2.05) is 0 Å². The summed E-state index contributed by atoms with van der Waals surface area (Å²) in [5.41, 5.74) is 1.82. The maximum atomic E-state index is 13.7. The predicted octanol–water partition coefficient (Wildman–Crippen LogP) is 6.60. The third-order valence-corrected chi connectivity index (χ3v) is 5.39. The number of hydrogen-bond acceptors (Lipinski definition) is 3. The van der Waals surface area contributed by atoms with Crippen LogP contribution in [0.4, 0.5) is 23.2 Å². The van der Waals surface area contributed by atoms with E-state index in [2.05, 4.69) is 10.6 Å². The SMILES string of the molecule is COCC(NCCF)Nc1ccc(/C=C/C(c2cc(C)c(Cl)c(Cl)c2)C(F)(F)F)cc1. The lowest BCUT2D eigenvalue weighted by molar-refractivity contribution is -0.139. The number of benzene rings is 2. The van der Waals surface area contributed by atoms with Gasteiger partial charge in [-0.05, 0) is 41.8 Å². The first-order valence-corrected chi connectivity index (χ1v) is 10.3.